The van der Waals surface area contributed by atoms with E-state index in [0.29, 0.717) is 46.3 Å². The van der Waals surface area contributed by atoms with Crippen LogP contribution in [0.2, 0.25) is 0 Å². The molecule has 1 atom stereocenters. The second-order valence-corrected chi connectivity index (χ2v) is 9.70. The predicted molar refractivity (Wildman–Crippen MR) is 143 cm³/mol. The topological polar surface area (TPSA) is 113 Å². The van der Waals surface area contributed by atoms with Gasteiger partial charge in [0.25, 0.3) is 11.8 Å². The van der Waals surface area contributed by atoms with Gasteiger partial charge in [0.05, 0.1) is 33.1 Å². The van der Waals surface area contributed by atoms with E-state index in [9.17, 15) is 14.7 Å². The van der Waals surface area contributed by atoms with Crippen molar-refractivity contribution in [3.63, 3.8) is 0 Å². The van der Waals surface area contributed by atoms with Gasteiger partial charge in [0, 0.05) is 24.8 Å². The number of thiophene rings is 1. The number of benzene rings is 2. The number of hydrogen-bond donors (Lipinski definition) is 2. The number of nitrogens with zero attached hydrogens (tertiary/aromatic N) is 4. The van der Waals surface area contributed by atoms with Crippen molar-refractivity contribution in [3.05, 3.63) is 83.7 Å². The molecule has 3 heterocycles. The first kappa shape index (κ1) is 24.4. The van der Waals surface area contributed by atoms with Crippen molar-refractivity contribution in [3.8, 4) is 10.6 Å². The summed E-state index contributed by atoms with van der Waals surface area (Å²) in [7, 11) is 1.71. The molecule has 10 heteroatoms. The minimum absolute atomic E-state index is 0.137. The SMILES string of the molecule is CC(O)CCn1c(NC(=O)c2ccc(-c3cnco3)s2)nc2cc(N(C)C(=O)c3ccccc3)ccc21. The maximum atomic E-state index is 13.1. The molecule has 0 aliphatic rings. The van der Waals surface area contributed by atoms with E-state index in [1.54, 1.807) is 43.3 Å². The number of aliphatic hydroxyl groups is 1. The molecule has 0 bridgehead atoms. The molecular formula is C27H25N5O4S. The van der Waals surface area contributed by atoms with Crippen molar-refractivity contribution >= 4 is 45.8 Å². The van der Waals surface area contributed by atoms with Crippen LogP contribution < -0.4 is 10.2 Å². The zero-order valence-corrected chi connectivity index (χ0v) is 21.1. The molecule has 0 aliphatic carbocycles. The van der Waals surface area contributed by atoms with Crippen molar-refractivity contribution in [1.29, 1.82) is 0 Å². The molecule has 2 aromatic carbocycles. The minimum atomic E-state index is -0.517. The quantitative estimate of drug-likeness (QED) is 0.299. The number of carbonyl (C=O) groups excluding carboxylic acids is 2. The van der Waals surface area contributed by atoms with Gasteiger partial charge in [0.2, 0.25) is 5.95 Å². The fourth-order valence-electron chi connectivity index (χ4n) is 3.95. The van der Waals surface area contributed by atoms with Crippen LogP contribution in [0.3, 0.4) is 0 Å². The zero-order chi connectivity index (χ0) is 25.9. The highest BCUT2D eigenvalue weighted by molar-refractivity contribution is 7.17. The van der Waals surface area contributed by atoms with Gasteiger partial charge >= 0.3 is 0 Å². The minimum Gasteiger partial charge on any atom is -0.443 e. The van der Waals surface area contributed by atoms with Gasteiger partial charge in [-0.3, -0.25) is 14.9 Å². The maximum Gasteiger partial charge on any atom is 0.268 e. The number of oxazole rings is 1. The number of aromatic nitrogens is 3. The number of aryl methyl sites for hydroxylation is 1. The monoisotopic (exact) mass is 515 g/mol. The summed E-state index contributed by atoms with van der Waals surface area (Å²) in [5.41, 5.74) is 2.67. The lowest BCUT2D eigenvalue weighted by molar-refractivity contribution is 0.0991. The molecule has 2 N–H and O–H groups in total. The Labute approximate surface area is 217 Å². The molecule has 0 spiro atoms. The smallest absolute Gasteiger partial charge is 0.268 e. The summed E-state index contributed by atoms with van der Waals surface area (Å²) in [6.45, 7) is 2.17. The zero-order valence-electron chi connectivity index (χ0n) is 20.3. The first-order chi connectivity index (χ1) is 17.9. The van der Waals surface area contributed by atoms with Crippen molar-refractivity contribution in [2.24, 2.45) is 0 Å². The first-order valence-electron chi connectivity index (χ1n) is 11.7. The molecule has 0 saturated heterocycles. The normalized spacial score (nSPS) is 12.0. The van der Waals surface area contributed by atoms with Gasteiger partial charge in [-0.2, -0.15) is 0 Å². The number of aliphatic hydroxyl groups excluding tert-OH is 1. The van der Waals surface area contributed by atoms with Crippen LogP contribution >= 0.6 is 11.3 Å². The van der Waals surface area contributed by atoms with Crippen molar-refractivity contribution in [1.82, 2.24) is 14.5 Å². The average molecular weight is 516 g/mol. The third-order valence-electron chi connectivity index (χ3n) is 5.95. The van der Waals surface area contributed by atoms with Crippen LogP contribution in [-0.4, -0.2) is 44.6 Å². The Hall–Kier alpha value is -4.28. The molecule has 0 fully saturated rings. The summed E-state index contributed by atoms with van der Waals surface area (Å²) >= 11 is 1.29. The summed E-state index contributed by atoms with van der Waals surface area (Å²) in [5.74, 6) is 0.516. The van der Waals surface area contributed by atoms with Gasteiger partial charge in [-0.05, 0) is 55.8 Å². The third kappa shape index (κ3) is 5.16. The molecule has 3 aromatic heterocycles. The van der Waals surface area contributed by atoms with Crippen LogP contribution in [0, 0.1) is 0 Å². The summed E-state index contributed by atoms with van der Waals surface area (Å²) in [6.07, 6.45) is 2.91. The molecule has 188 valence electrons. The van der Waals surface area contributed by atoms with Gasteiger partial charge in [-0.15, -0.1) is 11.3 Å². The van der Waals surface area contributed by atoms with E-state index in [1.165, 1.54) is 17.7 Å². The Morgan fingerprint density at radius 2 is 1.97 bits per heavy atom. The van der Waals surface area contributed by atoms with Crippen molar-refractivity contribution in [2.45, 2.75) is 26.0 Å². The largest absolute Gasteiger partial charge is 0.443 e. The van der Waals surface area contributed by atoms with E-state index in [-0.39, 0.29) is 11.8 Å². The number of amides is 2. The Balaban J connectivity index is 1.44. The van der Waals surface area contributed by atoms with E-state index in [4.69, 9.17) is 4.42 Å². The van der Waals surface area contributed by atoms with Crippen molar-refractivity contribution in [2.75, 3.05) is 17.3 Å². The van der Waals surface area contributed by atoms with Crippen LogP contribution in [0.25, 0.3) is 21.7 Å². The fraction of sp³-hybridized carbons (Fsp3) is 0.185. The highest BCUT2D eigenvalue weighted by Gasteiger charge is 2.19. The lowest BCUT2D eigenvalue weighted by Gasteiger charge is -2.17. The Morgan fingerprint density at radius 1 is 1.16 bits per heavy atom. The molecule has 0 aliphatic heterocycles. The molecular weight excluding hydrogens is 490 g/mol. The van der Waals surface area contributed by atoms with Crippen LogP contribution in [0.5, 0.6) is 0 Å². The first-order valence-corrected chi connectivity index (χ1v) is 12.5. The van der Waals surface area contributed by atoms with Gasteiger partial charge < -0.3 is 19.0 Å². The molecule has 0 radical (unpaired) electrons. The molecule has 1 unspecified atom stereocenters. The lowest BCUT2D eigenvalue weighted by Crippen LogP contribution is -2.26. The number of nitrogens with one attached hydrogen (secondary N) is 1. The van der Waals surface area contributed by atoms with E-state index >= 15 is 0 Å². The molecule has 37 heavy (non-hydrogen) atoms. The second-order valence-electron chi connectivity index (χ2n) is 8.61. The van der Waals surface area contributed by atoms with Gasteiger partial charge in [0.15, 0.2) is 12.2 Å². The summed E-state index contributed by atoms with van der Waals surface area (Å²) in [5, 5.41) is 12.8. The lowest BCUT2D eigenvalue weighted by atomic mass is 10.2. The third-order valence-corrected chi connectivity index (χ3v) is 7.04. The van der Waals surface area contributed by atoms with Gasteiger partial charge in [-0.25, -0.2) is 9.97 Å². The van der Waals surface area contributed by atoms with Crippen LogP contribution in [0.4, 0.5) is 11.6 Å². The Kier molecular flexibility index (Phi) is 6.85. The van der Waals surface area contributed by atoms with E-state index < -0.39 is 6.10 Å². The fourth-order valence-corrected chi connectivity index (χ4v) is 4.80. The summed E-state index contributed by atoms with van der Waals surface area (Å²) in [6, 6.07) is 18.1. The van der Waals surface area contributed by atoms with Crippen LogP contribution in [0.1, 0.15) is 33.4 Å². The molecule has 0 saturated carbocycles. The van der Waals surface area contributed by atoms with E-state index in [0.717, 1.165) is 10.4 Å². The number of imidazole rings is 1. The maximum absolute atomic E-state index is 13.1. The molecule has 5 rings (SSSR count). The average Bonchev–Trinajstić information content (AvgIpc) is 3.66. The number of fused-ring (bicyclic) bond motifs is 1. The molecule has 9 nitrogen and oxygen atoms in total. The summed E-state index contributed by atoms with van der Waals surface area (Å²) in [4.78, 5) is 37.5. The van der Waals surface area contributed by atoms with Crippen LogP contribution in [0.15, 0.2) is 77.7 Å². The van der Waals surface area contributed by atoms with Crippen molar-refractivity contribution < 1.29 is 19.1 Å². The number of carbonyl (C=O) groups is 2. The number of anilines is 2. The summed E-state index contributed by atoms with van der Waals surface area (Å²) < 4.78 is 7.19. The second kappa shape index (κ2) is 10.4. The van der Waals surface area contributed by atoms with Crippen LogP contribution in [-0.2, 0) is 6.54 Å². The van der Waals surface area contributed by atoms with Gasteiger partial charge in [-0.1, -0.05) is 18.2 Å². The number of rotatable bonds is 8. The van der Waals surface area contributed by atoms with E-state index in [1.807, 2.05) is 47.0 Å². The molecule has 5 aromatic rings. The predicted octanol–water partition coefficient (Wildman–Crippen LogP) is 5.05. The Bertz CT molecular complexity index is 1540. The Morgan fingerprint density at radius 3 is 2.70 bits per heavy atom. The van der Waals surface area contributed by atoms with E-state index in [2.05, 4.69) is 15.3 Å². The van der Waals surface area contributed by atoms with Gasteiger partial charge in [0.1, 0.15) is 0 Å². The number of hydrogen-bond acceptors (Lipinski definition) is 7. The highest BCUT2D eigenvalue weighted by atomic mass is 32.1. The highest BCUT2D eigenvalue weighted by Crippen LogP contribution is 2.30. The molecule has 2 amide bonds. The standard InChI is InChI=1S/C27H25N5O4S/c1-17(33)12-13-32-21-9-8-19(31(2)26(35)18-6-4-3-5-7-18)14-20(21)29-27(32)30-25(34)24-11-10-23(37-24)22-15-28-16-36-22/h3-11,14-17,33H,12-13H2,1-2H3,(H,29,30,34).